The highest BCUT2D eigenvalue weighted by molar-refractivity contribution is 6.16. The molecule has 0 saturated carbocycles. The van der Waals surface area contributed by atoms with Gasteiger partial charge in [0.1, 0.15) is 0 Å². The van der Waals surface area contributed by atoms with Crippen LogP contribution in [0.4, 0.5) is 0 Å². The van der Waals surface area contributed by atoms with Crippen LogP contribution in [0.25, 0.3) is 116 Å². The van der Waals surface area contributed by atoms with Crippen LogP contribution in [0.3, 0.4) is 0 Å². The first-order chi connectivity index (χ1) is 34.7. The van der Waals surface area contributed by atoms with Crippen LogP contribution in [0.15, 0.2) is 249 Å². The van der Waals surface area contributed by atoms with Crippen LogP contribution in [-0.4, -0.2) is 13.7 Å². The Kier molecular flexibility index (Phi) is 7.54. The highest BCUT2D eigenvalue weighted by Gasteiger charge is 2.51. The quantitative estimate of drug-likeness (QED) is 0.167. The lowest BCUT2D eigenvalue weighted by Gasteiger charge is -2.40. The molecule has 2 aliphatic rings. The average molecular weight is 888 g/mol. The van der Waals surface area contributed by atoms with Gasteiger partial charge in [-0.05, 0) is 134 Å². The van der Waals surface area contributed by atoms with Gasteiger partial charge in [-0.3, -0.25) is 0 Å². The molecule has 0 bridgehead atoms. The highest BCUT2D eigenvalue weighted by atomic mass is 15.0. The molecule has 0 N–H and O–H groups in total. The van der Waals surface area contributed by atoms with Crippen LogP contribution in [0.2, 0.25) is 0 Å². The van der Waals surface area contributed by atoms with E-state index in [2.05, 4.69) is 262 Å². The van der Waals surface area contributed by atoms with Crippen molar-refractivity contribution in [2.45, 2.75) is 5.41 Å². The van der Waals surface area contributed by atoms with Gasteiger partial charge in [-0.25, -0.2) is 0 Å². The summed E-state index contributed by atoms with van der Waals surface area (Å²) in [6.45, 7) is 0. The van der Waals surface area contributed by atoms with Crippen LogP contribution >= 0.6 is 0 Å². The van der Waals surface area contributed by atoms with Gasteiger partial charge in [-0.2, -0.15) is 0 Å². The van der Waals surface area contributed by atoms with Gasteiger partial charge < -0.3 is 13.7 Å². The third-order valence-electron chi connectivity index (χ3n) is 15.8. The van der Waals surface area contributed by atoms with Crippen molar-refractivity contribution >= 4 is 65.4 Å². The molecule has 16 rings (SSSR count). The summed E-state index contributed by atoms with van der Waals surface area (Å²) in [5, 5.41) is 7.55. The van der Waals surface area contributed by atoms with Gasteiger partial charge in [0.2, 0.25) is 0 Å². The van der Waals surface area contributed by atoms with Crippen molar-refractivity contribution in [1.29, 1.82) is 0 Å². The summed E-state index contributed by atoms with van der Waals surface area (Å²) in [7, 11) is 0. The topological polar surface area (TPSA) is 14.8 Å². The molecule has 3 aromatic heterocycles. The summed E-state index contributed by atoms with van der Waals surface area (Å²) < 4.78 is 7.45. The van der Waals surface area contributed by atoms with E-state index in [0.717, 1.165) is 5.69 Å². The molecule has 1 unspecified atom stereocenters. The first-order valence-corrected chi connectivity index (χ1v) is 24.3. The number of benzene rings is 11. The number of para-hydroxylation sites is 5. The smallest absolute Gasteiger partial charge is 0.0754 e. The minimum absolute atomic E-state index is 0.593. The molecular weight excluding hydrogens is 847 g/mol. The molecule has 0 radical (unpaired) electrons. The van der Waals surface area contributed by atoms with E-state index in [1.54, 1.807) is 0 Å². The Morgan fingerprint density at radius 3 is 1.49 bits per heavy atom. The predicted octanol–water partition coefficient (Wildman–Crippen LogP) is 17.0. The number of rotatable bonds is 4. The summed E-state index contributed by atoms with van der Waals surface area (Å²) in [4.78, 5) is 0. The maximum Gasteiger partial charge on any atom is 0.0754 e. The molecule has 1 aliphatic carbocycles. The fraction of sp³-hybridized carbons (Fsp3) is 0.0149. The zero-order valence-electron chi connectivity index (χ0n) is 38.0. The van der Waals surface area contributed by atoms with E-state index in [4.69, 9.17) is 0 Å². The van der Waals surface area contributed by atoms with Gasteiger partial charge in [0.15, 0.2) is 0 Å². The molecule has 14 aromatic rings. The van der Waals surface area contributed by atoms with Crippen molar-refractivity contribution in [3.63, 3.8) is 0 Å². The van der Waals surface area contributed by atoms with Gasteiger partial charge in [0, 0.05) is 43.7 Å². The number of nitrogens with zero attached hydrogens (tertiary/aromatic N) is 3. The Hall–Kier alpha value is -9.18. The summed E-state index contributed by atoms with van der Waals surface area (Å²) in [5.41, 5.74) is 22.9. The molecule has 0 fully saturated rings. The molecule has 1 aliphatic heterocycles. The van der Waals surface area contributed by atoms with E-state index in [1.807, 2.05) is 0 Å². The lowest BCUT2D eigenvalue weighted by Crippen LogP contribution is -2.33. The first kappa shape index (κ1) is 37.9. The lowest BCUT2D eigenvalue weighted by molar-refractivity contribution is 0.748. The molecule has 11 aromatic carbocycles. The fourth-order valence-electron chi connectivity index (χ4n) is 13.0. The maximum absolute atomic E-state index is 2.55. The van der Waals surface area contributed by atoms with E-state index in [9.17, 15) is 0 Å². The predicted molar refractivity (Wildman–Crippen MR) is 291 cm³/mol. The minimum Gasteiger partial charge on any atom is -0.309 e. The monoisotopic (exact) mass is 887 g/mol. The van der Waals surface area contributed by atoms with Crippen molar-refractivity contribution in [1.82, 2.24) is 13.7 Å². The zero-order chi connectivity index (χ0) is 45.7. The molecule has 324 valence electrons. The SMILES string of the molecule is c1ccc(-c2cccc(-n3c4ccccc4c4cc(-c5cc6c7c(c5)c5ccccc5n7-c5ccccc5C65c6ccccc6-c6cc(-n7c8ccccc8c8ccccc87)ccc65)ccc43)c2)cc1. The Bertz CT molecular complexity index is 4490. The van der Waals surface area contributed by atoms with Crippen molar-refractivity contribution in [2.24, 2.45) is 0 Å². The van der Waals surface area contributed by atoms with Crippen LogP contribution in [-0.2, 0) is 5.41 Å². The summed E-state index contributed by atoms with van der Waals surface area (Å²) in [6.07, 6.45) is 0. The summed E-state index contributed by atoms with van der Waals surface area (Å²) in [5.74, 6) is 0. The molecule has 4 heterocycles. The average Bonchev–Trinajstić information content (AvgIpc) is 4.15. The standard InChI is InChI=1S/C67H41N3/c1-2-17-42(18-3-1)43-19-16-20-46(37-43)68-62-30-13-7-24-51(62)54-38-44(33-36-64(54)68)45-39-55-52-25-8-14-31-63(52)70-65-32-15-10-27-58(65)67(59(40-45)66(55)70)56-26-9-4-21-48(56)53-41-47(34-35-57(53)67)69-60-28-11-5-22-49(60)50-23-6-12-29-61(50)69/h1-41H. The number of hydrogen-bond acceptors (Lipinski definition) is 0. The first-order valence-electron chi connectivity index (χ1n) is 24.3. The largest absolute Gasteiger partial charge is 0.309 e. The van der Waals surface area contributed by atoms with Crippen LogP contribution in [0.1, 0.15) is 22.3 Å². The normalized spacial score (nSPS) is 14.6. The zero-order valence-corrected chi connectivity index (χ0v) is 38.0. The van der Waals surface area contributed by atoms with E-state index in [1.165, 1.54) is 132 Å². The number of fused-ring (bicyclic) bond motifs is 18. The van der Waals surface area contributed by atoms with Crippen LogP contribution < -0.4 is 0 Å². The van der Waals surface area contributed by atoms with Crippen molar-refractivity contribution in [3.8, 4) is 50.4 Å². The van der Waals surface area contributed by atoms with Crippen molar-refractivity contribution in [2.75, 3.05) is 0 Å². The maximum atomic E-state index is 2.55. The molecule has 70 heavy (non-hydrogen) atoms. The second-order valence-corrected chi connectivity index (χ2v) is 19.2. The van der Waals surface area contributed by atoms with E-state index in [-0.39, 0.29) is 0 Å². The molecule has 1 atom stereocenters. The van der Waals surface area contributed by atoms with Gasteiger partial charge in [-0.1, -0.05) is 170 Å². The van der Waals surface area contributed by atoms with Crippen LogP contribution in [0.5, 0.6) is 0 Å². The second kappa shape index (κ2) is 13.9. The van der Waals surface area contributed by atoms with Crippen molar-refractivity contribution in [3.05, 3.63) is 271 Å². The molecule has 0 saturated heterocycles. The Balaban J connectivity index is 0.969. The van der Waals surface area contributed by atoms with Gasteiger partial charge in [0.25, 0.3) is 0 Å². The fourth-order valence-corrected chi connectivity index (χ4v) is 13.0. The van der Waals surface area contributed by atoms with Crippen LogP contribution in [0, 0.1) is 0 Å². The lowest BCUT2D eigenvalue weighted by atomic mass is 9.65. The third-order valence-corrected chi connectivity index (χ3v) is 15.8. The molecule has 1 spiro atoms. The van der Waals surface area contributed by atoms with E-state index >= 15 is 0 Å². The van der Waals surface area contributed by atoms with Crippen molar-refractivity contribution < 1.29 is 0 Å². The molecule has 3 heteroatoms. The van der Waals surface area contributed by atoms with E-state index < -0.39 is 5.41 Å². The van der Waals surface area contributed by atoms with Gasteiger partial charge in [-0.15, -0.1) is 0 Å². The third kappa shape index (κ3) is 4.88. The second-order valence-electron chi connectivity index (χ2n) is 19.2. The Morgan fingerprint density at radius 1 is 0.243 bits per heavy atom. The molecule has 3 nitrogen and oxygen atoms in total. The number of hydrogen-bond donors (Lipinski definition) is 0. The molecule has 0 amide bonds. The number of aromatic nitrogens is 3. The Labute approximate surface area is 404 Å². The minimum atomic E-state index is -0.593. The van der Waals surface area contributed by atoms with E-state index in [0.29, 0.717) is 0 Å². The summed E-state index contributed by atoms with van der Waals surface area (Å²) in [6, 6.07) is 93.0. The van der Waals surface area contributed by atoms with Gasteiger partial charge in [0.05, 0.1) is 44.2 Å². The molecular formula is C67H41N3. The highest BCUT2D eigenvalue weighted by Crippen LogP contribution is 2.62. The van der Waals surface area contributed by atoms with Gasteiger partial charge >= 0.3 is 0 Å². The summed E-state index contributed by atoms with van der Waals surface area (Å²) >= 11 is 0. The Morgan fingerprint density at radius 2 is 0.757 bits per heavy atom.